The predicted molar refractivity (Wildman–Crippen MR) is 127 cm³/mol. The fourth-order valence-corrected chi connectivity index (χ4v) is 4.57. The van der Waals surface area contributed by atoms with Gasteiger partial charge in [-0.05, 0) is 50.5 Å². The van der Waals surface area contributed by atoms with E-state index in [1.807, 2.05) is 13.0 Å². The maximum absolute atomic E-state index is 13.2. The Morgan fingerprint density at radius 2 is 1.97 bits per heavy atom. The number of anilines is 2. The van der Waals surface area contributed by atoms with Crippen LogP contribution in [0.4, 0.5) is 24.8 Å². The van der Waals surface area contributed by atoms with Gasteiger partial charge in [-0.25, -0.2) is 4.98 Å². The third-order valence-corrected chi connectivity index (χ3v) is 6.52. The number of halogens is 3. The van der Waals surface area contributed by atoms with Crippen LogP contribution in [0.15, 0.2) is 30.3 Å². The molecule has 0 amide bonds. The van der Waals surface area contributed by atoms with E-state index in [0.717, 1.165) is 50.3 Å². The van der Waals surface area contributed by atoms with Crippen molar-refractivity contribution < 1.29 is 22.6 Å². The molecule has 0 bridgehead atoms. The molecule has 0 saturated carbocycles. The summed E-state index contributed by atoms with van der Waals surface area (Å²) in [4.78, 5) is 7.18. The van der Waals surface area contributed by atoms with Crippen molar-refractivity contribution >= 4 is 22.5 Å². The molecule has 4 heterocycles. The first-order valence-corrected chi connectivity index (χ1v) is 11.9. The smallest absolute Gasteiger partial charge is 0.416 e. The summed E-state index contributed by atoms with van der Waals surface area (Å²) in [6.07, 6.45) is -1.45. The normalized spacial score (nSPS) is 19.3. The third kappa shape index (κ3) is 4.98. The number of pyridine rings is 1. The third-order valence-electron chi connectivity index (χ3n) is 6.52. The maximum Gasteiger partial charge on any atom is 0.416 e. The highest BCUT2D eigenvalue weighted by Gasteiger charge is 2.31. The zero-order valence-electron chi connectivity index (χ0n) is 19.7. The Balaban J connectivity index is 1.52. The lowest BCUT2D eigenvalue weighted by Crippen LogP contribution is -2.23. The van der Waals surface area contributed by atoms with Crippen LogP contribution in [-0.2, 0) is 10.9 Å². The van der Waals surface area contributed by atoms with E-state index in [4.69, 9.17) is 14.5 Å². The molecule has 0 aliphatic carbocycles. The molecule has 1 aromatic carbocycles. The van der Waals surface area contributed by atoms with Crippen molar-refractivity contribution in [3.8, 4) is 5.75 Å². The number of hydrogen-bond acceptors (Lipinski definition) is 7. The monoisotopic (exact) mass is 487 g/mol. The first kappa shape index (κ1) is 23.6. The van der Waals surface area contributed by atoms with Gasteiger partial charge < -0.3 is 19.7 Å². The fraction of sp³-hybridized carbons (Fsp3) is 0.480. The summed E-state index contributed by atoms with van der Waals surface area (Å²) in [5, 5.41) is 12.6. The van der Waals surface area contributed by atoms with Crippen LogP contribution >= 0.6 is 0 Å². The Kier molecular flexibility index (Phi) is 6.39. The molecule has 2 aliphatic heterocycles. The molecule has 5 rings (SSSR count). The molecule has 0 spiro atoms. The SMILES string of the molecule is Cc1nnc(N[C@H](C)c2cccc(C(F)(F)F)c2)c2cc(O[C@H]3CCOC3)c(N3CCCC3)nc12. The predicted octanol–water partition coefficient (Wildman–Crippen LogP) is 5.29. The Bertz CT molecular complexity index is 1210. The largest absolute Gasteiger partial charge is 0.484 e. The molecule has 2 aromatic heterocycles. The molecular formula is C25H28F3N5O2. The van der Waals surface area contributed by atoms with Gasteiger partial charge in [0.2, 0.25) is 0 Å². The second-order valence-electron chi connectivity index (χ2n) is 9.13. The lowest BCUT2D eigenvalue weighted by atomic mass is 10.0. The number of aromatic nitrogens is 3. The molecule has 2 aliphatic rings. The van der Waals surface area contributed by atoms with Crippen LogP contribution in [-0.4, -0.2) is 47.6 Å². The van der Waals surface area contributed by atoms with Crippen LogP contribution in [0.3, 0.4) is 0 Å². The fourth-order valence-electron chi connectivity index (χ4n) is 4.57. The molecule has 0 unspecified atom stereocenters. The van der Waals surface area contributed by atoms with E-state index < -0.39 is 17.8 Å². The summed E-state index contributed by atoms with van der Waals surface area (Å²) in [6.45, 7) is 6.65. The Labute approximate surface area is 201 Å². The molecule has 0 radical (unpaired) electrons. The van der Waals surface area contributed by atoms with E-state index >= 15 is 0 Å². The van der Waals surface area contributed by atoms with Crippen LogP contribution in [0, 0.1) is 6.92 Å². The molecule has 2 atom stereocenters. The van der Waals surface area contributed by atoms with Crippen molar-refractivity contribution in [2.75, 3.05) is 36.5 Å². The Hall–Kier alpha value is -3.14. The number of nitrogens with one attached hydrogen (secondary N) is 1. The van der Waals surface area contributed by atoms with E-state index in [0.29, 0.717) is 46.9 Å². The Morgan fingerprint density at radius 1 is 1.17 bits per heavy atom. The van der Waals surface area contributed by atoms with Crippen LogP contribution < -0.4 is 15.0 Å². The lowest BCUT2D eigenvalue weighted by Gasteiger charge is -2.24. The molecule has 35 heavy (non-hydrogen) atoms. The minimum absolute atomic E-state index is 0.0491. The van der Waals surface area contributed by atoms with Crippen molar-refractivity contribution in [1.29, 1.82) is 0 Å². The zero-order chi connectivity index (χ0) is 24.6. The maximum atomic E-state index is 13.2. The van der Waals surface area contributed by atoms with Gasteiger partial charge in [-0.3, -0.25) is 0 Å². The highest BCUT2D eigenvalue weighted by Crippen LogP contribution is 2.37. The van der Waals surface area contributed by atoms with E-state index in [9.17, 15) is 13.2 Å². The zero-order valence-corrected chi connectivity index (χ0v) is 19.7. The van der Waals surface area contributed by atoms with Gasteiger partial charge in [0, 0.05) is 19.5 Å². The van der Waals surface area contributed by atoms with Crippen molar-refractivity contribution in [2.45, 2.75) is 51.4 Å². The minimum Gasteiger partial charge on any atom is -0.484 e. The number of ether oxygens (including phenoxy) is 2. The van der Waals surface area contributed by atoms with Crippen LogP contribution in [0.2, 0.25) is 0 Å². The van der Waals surface area contributed by atoms with Crippen molar-refractivity contribution in [3.63, 3.8) is 0 Å². The van der Waals surface area contributed by atoms with E-state index in [-0.39, 0.29) is 6.10 Å². The first-order chi connectivity index (χ1) is 16.8. The number of fused-ring (bicyclic) bond motifs is 1. The molecule has 1 N–H and O–H groups in total. The van der Waals surface area contributed by atoms with E-state index in [1.54, 1.807) is 13.0 Å². The average molecular weight is 488 g/mol. The van der Waals surface area contributed by atoms with Gasteiger partial charge in [0.15, 0.2) is 17.4 Å². The summed E-state index contributed by atoms with van der Waals surface area (Å²) >= 11 is 0. The van der Waals surface area contributed by atoms with Crippen molar-refractivity contribution in [3.05, 3.63) is 47.2 Å². The highest BCUT2D eigenvalue weighted by atomic mass is 19.4. The molecular weight excluding hydrogens is 459 g/mol. The highest BCUT2D eigenvalue weighted by molar-refractivity contribution is 5.93. The summed E-state index contributed by atoms with van der Waals surface area (Å²) in [6, 6.07) is 6.78. The lowest BCUT2D eigenvalue weighted by molar-refractivity contribution is -0.137. The first-order valence-electron chi connectivity index (χ1n) is 11.9. The topological polar surface area (TPSA) is 72.4 Å². The van der Waals surface area contributed by atoms with Gasteiger partial charge in [0.05, 0.1) is 41.4 Å². The molecule has 3 aromatic rings. The summed E-state index contributed by atoms with van der Waals surface area (Å²) in [5.41, 5.74) is 1.18. The molecule has 10 heteroatoms. The van der Waals surface area contributed by atoms with Crippen molar-refractivity contribution in [1.82, 2.24) is 15.2 Å². The van der Waals surface area contributed by atoms with Gasteiger partial charge >= 0.3 is 6.18 Å². The average Bonchev–Trinajstić information content (AvgIpc) is 3.55. The quantitative estimate of drug-likeness (QED) is 0.506. The van der Waals surface area contributed by atoms with Gasteiger partial charge in [0.25, 0.3) is 0 Å². The van der Waals surface area contributed by atoms with E-state index in [2.05, 4.69) is 20.4 Å². The van der Waals surface area contributed by atoms with Gasteiger partial charge in [-0.1, -0.05) is 12.1 Å². The number of aryl methyl sites for hydroxylation is 1. The van der Waals surface area contributed by atoms with Crippen LogP contribution in [0.25, 0.3) is 10.9 Å². The van der Waals surface area contributed by atoms with Gasteiger partial charge in [-0.2, -0.15) is 18.3 Å². The number of hydrogen-bond donors (Lipinski definition) is 1. The van der Waals surface area contributed by atoms with Crippen molar-refractivity contribution in [2.24, 2.45) is 0 Å². The number of rotatable bonds is 6. The minimum atomic E-state index is -4.40. The summed E-state index contributed by atoms with van der Waals surface area (Å²) in [7, 11) is 0. The Morgan fingerprint density at radius 3 is 2.69 bits per heavy atom. The van der Waals surface area contributed by atoms with Gasteiger partial charge in [-0.15, -0.1) is 5.10 Å². The number of benzene rings is 1. The molecule has 2 saturated heterocycles. The second kappa shape index (κ2) is 9.49. The standard InChI is InChI=1S/C25H28F3N5O2/c1-15(17-6-5-7-18(12-17)25(26,27)28)29-23-20-13-21(35-19-8-11-34-14-19)24(33-9-3-4-10-33)30-22(20)16(2)31-32-23/h5-7,12-13,15,19H,3-4,8-11,14H2,1-2H3,(H,29,32)/t15-,19+/m1/s1. The molecule has 186 valence electrons. The summed E-state index contributed by atoms with van der Waals surface area (Å²) in [5.74, 6) is 1.90. The van der Waals surface area contributed by atoms with Crippen LogP contribution in [0.5, 0.6) is 5.75 Å². The molecule has 2 fully saturated rings. The number of alkyl halides is 3. The summed E-state index contributed by atoms with van der Waals surface area (Å²) < 4.78 is 51.5. The second-order valence-corrected chi connectivity index (χ2v) is 9.13. The number of nitrogens with zero attached hydrogens (tertiary/aromatic N) is 4. The van der Waals surface area contributed by atoms with Gasteiger partial charge in [0.1, 0.15) is 6.10 Å². The molecule has 7 nitrogen and oxygen atoms in total. The van der Waals surface area contributed by atoms with E-state index in [1.165, 1.54) is 6.07 Å². The van der Waals surface area contributed by atoms with Crippen LogP contribution in [0.1, 0.15) is 49.0 Å².